The first kappa shape index (κ1) is 68.5. The molecule has 0 aliphatic heterocycles. The number of furan rings is 2. The van der Waals surface area contributed by atoms with Crippen LogP contribution in [-0.2, 0) is 21.7 Å². The number of rotatable bonds is 32. The Morgan fingerprint density at radius 1 is 0.333 bits per heavy atom. The number of nitrogens with zero attached hydrogens (tertiary/aromatic N) is 1. The van der Waals surface area contributed by atoms with E-state index in [9.17, 15) is 0 Å². The quantitative estimate of drug-likeness (QED) is 0.0394. The monoisotopic (exact) mass is 1310 g/mol. The van der Waals surface area contributed by atoms with Crippen molar-refractivity contribution in [2.24, 2.45) is 0 Å². The predicted octanol–water partition coefficient (Wildman–Crippen LogP) is 30.1. The molecule has 0 bridgehead atoms. The van der Waals surface area contributed by atoms with Gasteiger partial charge in [0.2, 0.25) is 0 Å². The van der Waals surface area contributed by atoms with Crippen molar-refractivity contribution in [1.29, 1.82) is 0 Å². The topological polar surface area (TPSA) is 29.5 Å². The van der Waals surface area contributed by atoms with Crippen molar-refractivity contribution in [3.63, 3.8) is 0 Å². The Morgan fingerprint density at radius 3 is 1.39 bits per heavy atom. The summed E-state index contributed by atoms with van der Waals surface area (Å²) in [5.41, 5.74) is 29.5. The second-order valence-electron chi connectivity index (χ2n) is 32.3. The molecular formula is C96H113NO2. The zero-order chi connectivity index (χ0) is 68.5. The maximum atomic E-state index is 7.10. The number of fused-ring (bicyclic) bond motifs is 17. The molecule has 2 heterocycles. The van der Waals surface area contributed by atoms with Gasteiger partial charge in [-0.25, -0.2) is 0 Å². The van der Waals surface area contributed by atoms with Gasteiger partial charge in [-0.3, -0.25) is 0 Å². The minimum atomic E-state index is -0.327. The van der Waals surface area contributed by atoms with Gasteiger partial charge in [-0.2, -0.15) is 0 Å². The number of hydrogen-bond acceptors (Lipinski definition) is 3. The molecule has 514 valence electrons. The van der Waals surface area contributed by atoms with Gasteiger partial charge in [0.25, 0.3) is 0 Å². The van der Waals surface area contributed by atoms with Gasteiger partial charge >= 0.3 is 0 Å². The van der Waals surface area contributed by atoms with E-state index in [1.807, 2.05) is 0 Å². The van der Waals surface area contributed by atoms with Crippen molar-refractivity contribution in [1.82, 2.24) is 0 Å². The first-order chi connectivity index (χ1) is 48.3. The number of unbranched alkanes of at least 4 members (excludes halogenated alkanes) is 20. The molecule has 3 nitrogen and oxygen atoms in total. The molecular weight excluding hydrogens is 1200 g/mol. The van der Waals surface area contributed by atoms with Gasteiger partial charge in [-0.15, -0.1) is 0 Å². The van der Waals surface area contributed by atoms with Gasteiger partial charge in [0, 0.05) is 60.4 Å². The van der Waals surface area contributed by atoms with E-state index < -0.39 is 0 Å². The predicted molar refractivity (Wildman–Crippen MR) is 427 cm³/mol. The Hall–Kier alpha value is -7.62. The van der Waals surface area contributed by atoms with Gasteiger partial charge in [0.1, 0.15) is 22.3 Å². The van der Waals surface area contributed by atoms with Crippen LogP contribution in [0.1, 0.15) is 287 Å². The fourth-order valence-corrected chi connectivity index (χ4v) is 19.1. The molecule has 0 spiro atoms. The highest BCUT2D eigenvalue weighted by molar-refractivity contribution is 6.19. The summed E-state index contributed by atoms with van der Waals surface area (Å²) in [6.07, 6.45) is 35.7. The summed E-state index contributed by atoms with van der Waals surface area (Å²) in [4.78, 5) is 2.63. The van der Waals surface area contributed by atoms with Gasteiger partial charge < -0.3 is 13.7 Å². The first-order valence-corrected chi connectivity index (χ1v) is 39.7. The lowest BCUT2D eigenvalue weighted by atomic mass is 9.68. The summed E-state index contributed by atoms with van der Waals surface area (Å²) in [6, 6.07) is 64.5. The zero-order valence-electron chi connectivity index (χ0n) is 62.2. The fourth-order valence-electron chi connectivity index (χ4n) is 19.1. The van der Waals surface area contributed by atoms with E-state index in [0.717, 1.165) is 35.2 Å². The Bertz CT molecular complexity index is 4650. The molecule has 99 heavy (non-hydrogen) atoms. The molecule has 3 heteroatoms. The Balaban J connectivity index is 0.968. The normalized spacial score (nSPS) is 14.5. The maximum absolute atomic E-state index is 7.10. The van der Waals surface area contributed by atoms with Crippen LogP contribution >= 0.6 is 0 Å². The zero-order valence-corrected chi connectivity index (χ0v) is 62.2. The molecule has 0 atom stereocenters. The summed E-state index contributed by atoms with van der Waals surface area (Å²) < 4.78 is 14.0. The highest BCUT2D eigenvalue weighted by atomic mass is 16.3. The van der Waals surface area contributed by atoms with Crippen LogP contribution in [0.4, 0.5) is 17.1 Å². The SMILES string of the molecule is CCCCCCCCC1(CCCCCCCC)c2cc(N(c3cccc(C)c3)c3ccc4c(c3)C(C)(C)c3cc(-c5ccccc5C(C)(C)C)c5oc6ccccc6c5c3-4)ccc2-c2cc3c(cc21)-c1c(ccc2oc4ccccc4c12)C3(CCCCCCCC)CCCCCCCC. The smallest absolute Gasteiger partial charge is 0.143 e. The van der Waals surface area contributed by atoms with Crippen molar-refractivity contribution < 1.29 is 8.83 Å². The summed E-state index contributed by atoms with van der Waals surface area (Å²) in [7, 11) is 0. The third kappa shape index (κ3) is 12.6. The first-order valence-electron chi connectivity index (χ1n) is 39.7. The summed E-state index contributed by atoms with van der Waals surface area (Å²) in [5, 5.41) is 4.99. The second kappa shape index (κ2) is 29.2. The molecule has 9 aromatic carbocycles. The molecule has 0 fully saturated rings. The number of benzene rings is 9. The molecule has 14 rings (SSSR count). The van der Waals surface area contributed by atoms with E-state index in [1.54, 1.807) is 22.3 Å². The van der Waals surface area contributed by atoms with Crippen LogP contribution in [-0.4, -0.2) is 0 Å². The molecule has 0 saturated carbocycles. The van der Waals surface area contributed by atoms with Gasteiger partial charge in [0.15, 0.2) is 0 Å². The molecule has 0 unspecified atom stereocenters. The Kier molecular flexibility index (Phi) is 20.2. The van der Waals surface area contributed by atoms with E-state index in [1.165, 1.54) is 272 Å². The summed E-state index contributed by atoms with van der Waals surface area (Å²) >= 11 is 0. The van der Waals surface area contributed by atoms with Crippen molar-refractivity contribution in [2.45, 2.75) is 271 Å². The average Bonchev–Trinajstić information content (AvgIpc) is 1.52. The minimum absolute atomic E-state index is 0.0650. The van der Waals surface area contributed by atoms with E-state index in [-0.39, 0.29) is 21.7 Å². The number of anilines is 3. The largest absolute Gasteiger partial charge is 0.456 e. The molecule has 0 amide bonds. The minimum Gasteiger partial charge on any atom is -0.456 e. The number of hydrogen-bond donors (Lipinski definition) is 0. The molecule has 3 aliphatic carbocycles. The number of aryl methyl sites for hydroxylation is 1. The van der Waals surface area contributed by atoms with Crippen molar-refractivity contribution >= 4 is 60.9 Å². The highest BCUT2D eigenvalue weighted by Gasteiger charge is 2.49. The van der Waals surface area contributed by atoms with E-state index in [4.69, 9.17) is 8.83 Å². The van der Waals surface area contributed by atoms with Crippen LogP contribution in [0.5, 0.6) is 0 Å². The Morgan fingerprint density at radius 2 is 0.798 bits per heavy atom. The van der Waals surface area contributed by atoms with Crippen LogP contribution in [0, 0.1) is 6.92 Å². The lowest BCUT2D eigenvalue weighted by Crippen LogP contribution is -2.27. The van der Waals surface area contributed by atoms with Crippen LogP contribution in [0.3, 0.4) is 0 Å². The second-order valence-corrected chi connectivity index (χ2v) is 32.3. The standard InChI is InChI=1S/C96H113NO2/c1-11-15-19-23-27-37-56-95(57-38-28-24-20-16-12-2)79-54-55-87-90(73-45-32-35-48-85(73)98-87)89(79)77-65-82-75(63-83(77)95)71-52-50-69(62-81(71)96(82,58-39-29-25-21-17-13-3)59-40-30-26-22-18-14-4)97(67-43-41-42-66(5)60-67)68-51-53-72-80(61-68)94(9,10)84-64-76(70-44-31-34-47-78(70)93(6,7)8)92-91(88(72)84)74-46-33-36-49-86(74)99-92/h31-36,41-55,60-65H,11-30,37-40,56-59H2,1-10H3. The third-order valence-corrected chi connectivity index (χ3v) is 24.2. The Labute approximate surface area is 594 Å². The molecule has 11 aromatic rings. The van der Waals surface area contributed by atoms with E-state index in [2.05, 4.69) is 238 Å². The van der Waals surface area contributed by atoms with Crippen molar-refractivity contribution in [2.75, 3.05) is 4.90 Å². The van der Waals surface area contributed by atoms with Crippen LogP contribution < -0.4 is 4.90 Å². The lowest BCUT2D eigenvalue weighted by molar-refractivity contribution is 0.394. The van der Waals surface area contributed by atoms with E-state index >= 15 is 0 Å². The number of para-hydroxylation sites is 2. The molecule has 2 aromatic heterocycles. The summed E-state index contributed by atoms with van der Waals surface area (Å²) in [5.74, 6) is 0. The van der Waals surface area contributed by atoms with Crippen molar-refractivity contribution in [3.8, 4) is 44.5 Å². The maximum Gasteiger partial charge on any atom is 0.143 e. The van der Waals surface area contributed by atoms with Crippen molar-refractivity contribution in [3.05, 3.63) is 208 Å². The molecule has 0 saturated heterocycles. The van der Waals surface area contributed by atoms with Crippen LogP contribution in [0.15, 0.2) is 173 Å². The lowest BCUT2D eigenvalue weighted by Gasteiger charge is -2.35. The van der Waals surface area contributed by atoms with Gasteiger partial charge in [0.05, 0.1) is 0 Å². The van der Waals surface area contributed by atoms with E-state index in [0.29, 0.717) is 0 Å². The van der Waals surface area contributed by atoms with Gasteiger partial charge in [-0.1, -0.05) is 307 Å². The van der Waals surface area contributed by atoms with Crippen LogP contribution in [0.25, 0.3) is 88.4 Å². The highest BCUT2D eigenvalue weighted by Crippen LogP contribution is 2.64. The fraction of sp³-hybridized carbons (Fsp3) is 0.438. The van der Waals surface area contributed by atoms with Crippen LogP contribution in [0.2, 0.25) is 0 Å². The molecule has 0 N–H and O–H groups in total. The molecule has 3 aliphatic rings. The van der Waals surface area contributed by atoms with Gasteiger partial charge in [-0.05, 0) is 194 Å². The third-order valence-electron chi connectivity index (χ3n) is 24.2. The summed E-state index contributed by atoms with van der Waals surface area (Å²) in [6.45, 7) is 23.7. The molecule has 0 radical (unpaired) electrons. The average molecular weight is 1310 g/mol.